The zero-order valence-electron chi connectivity index (χ0n) is 14.4. The van der Waals surface area contributed by atoms with Gasteiger partial charge in [-0.1, -0.05) is 0 Å². The van der Waals surface area contributed by atoms with Gasteiger partial charge in [0.2, 0.25) is 5.88 Å². The van der Waals surface area contributed by atoms with E-state index in [-0.39, 0.29) is 17.6 Å². The van der Waals surface area contributed by atoms with E-state index in [1.165, 1.54) is 0 Å². The SMILES string of the molecule is Cc1cc(C(=O)N2CC3(CC(Oc4cnccn4)CCO3)C2)c(C)o1. The van der Waals surface area contributed by atoms with Crippen LogP contribution in [0.15, 0.2) is 29.1 Å². The highest BCUT2D eigenvalue weighted by Gasteiger charge is 2.50. The predicted octanol–water partition coefficient (Wildman–Crippen LogP) is 2.14. The van der Waals surface area contributed by atoms with E-state index in [1.54, 1.807) is 24.7 Å². The molecule has 0 aliphatic carbocycles. The van der Waals surface area contributed by atoms with Gasteiger partial charge in [0.25, 0.3) is 5.91 Å². The number of likely N-dealkylation sites (tertiary alicyclic amines) is 1. The van der Waals surface area contributed by atoms with Crippen LogP contribution in [0.3, 0.4) is 0 Å². The van der Waals surface area contributed by atoms with Crippen LogP contribution in [-0.4, -0.2) is 52.2 Å². The molecule has 4 heterocycles. The number of ether oxygens (including phenoxy) is 2. The van der Waals surface area contributed by atoms with Crippen LogP contribution in [0, 0.1) is 13.8 Å². The number of amides is 1. The Morgan fingerprint density at radius 3 is 2.88 bits per heavy atom. The zero-order valence-corrected chi connectivity index (χ0v) is 14.4. The topological polar surface area (TPSA) is 77.7 Å². The Bertz CT molecular complexity index is 768. The first-order chi connectivity index (χ1) is 12.0. The number of carbonyl (C=O) groups is 1. The number of hydrogen-bond donors (Lipinski definition) is 0. The van der Waals surface area contributed by atoms with Crippen molar-refractivity contribution < 1.29 is 18.7 Å². The first-order valence-electron chi connectivity index (χ1n) is 8.48. The van der Waals surface area contributed by atoms with Gasteiger partial charge in [0.1, 0.15) is 23.2 Å². The molecule has 0 N–H and O–H groups in total. The Hall–Kier alpha value is -2.41. The van der Waals surface area contributed by atoms with Crippen molar-refractivity contribution in [1.82, 2.24) is 14.9 Å². The van der Waals surface area contributed by atoms with Crippen molar-refractivity contribution in [2.75, 3.05) is 19.7 Å². The van der Waals surface area contributed by atoms with Crippen molar-refractivity contribution in [1.29, 1.82) is 0 Å². The minimum Gasteiger partial charge on any atom is -0.473 e. The second-order valence-corrected chi connectivity index (χ2v) is 6.80. The van der Waals surface area contributed by atoms with Gasteiger partial charge in [-0.25, -0.2) is 4.98 Å². The van der Waals surface area contributed by atoms with Crippen LogP contribution < -0.4 is 4.74 Å². The van der Waals surface area contributed by atoms with E-state index in [0.717, 1.165) is 18.6 Å². The maximum Gasteiger partial charge on any atom is 0.257 e. The van der Waals surface area contributed by atoms with Gasteiger partial charge in [-0.15, -0.1) is 0 Å². The number of hydrogen-bond acceptors (Lipinski definition) is 6. The van der Waals surface area contributed by atoms with Gasteiger partial charge in [-0.3, -0.25) is 9.78 Å². The summed E-state index contributed by atoms with van der Waals surface area (Å²) < 4.78 is 17.4. The van der Waals surface area contributed by atoms with Crippen LogP contribution in [0.25, 0.3) is 0 Å². The summed E-state index contributed by atoms with van der Waals surface area (Å²) in [5.74, 6) is 1.95. The Labute approximate surface area is 146 Å². The Kier molecular flexibility index (Phi) is 3.95. The lowest BCUT2D eigenvalue weighted by molar-refractivity contribution is -0.174. The van der Waals surface area contributed by atoms with E-state index >= 15 is 0 Å². The van der Waals surface area contributed by atoms with Crippen molar-refractivity contribution in [3.8, 4) is 5.88 Å². The third kappa shape index (κ3) is 3.11. The van der Waals surface area contributed by atoms with Crippen LogP contribution in [0.5, 0.6) is 5.88 Å². The van der Waals surface area contributed by atoms with E-state index in [2.05, 4.69) is 9.97 Å². The largest absolute Gasteiger partial charge is 0.473 e. The number of furan rings is 1. The second-order valence-electron chi connectivity index (χ2n) is 6.80. The van der Waals surface area contributed by atoms with Gasteiger partial charge in [0.15, 0.2) is 0 Å². The van der Waals surface area contributed by atoms with E-state index in [9.17, 15) is 4.79 Å². The number of aromatic nitrogens is 2. The molecule has 2 aromatic rings. The molecule has 2 aliphatic rings. The normalized spacial score (nSPS) is 21.8. The quantitative estimate of drug-likeness (QED) is 0.850. The molecule has 7 heteroatoms. The lowest BCUT2D eigenvalue weighted by Gasteiger charge is -2.52. The Balaban J connectivity index is 1.38. The summed E-state index contributed by atoms with van der Waals surface area (Å²) in [5, 5.41) is 0. The van der Waals surface area contributed by atoms with Gasteiger partial charge in [0, 0.05) is 25.2 Å². The number of aryl methyl sites for hydroxylation is 2. The predicted molar refractivity (Wildman–Crippen MR) is 88.5 cm³/mol. The molecule has 1 spiro atoms. The molecule has 25 heavy (non-hydrogen) atoms. The Morgan fingerprint density at radius 1 is 1.36 bits per heavy atom. The van der Waals surface area contributed by atoms with Crippen LogP contribution in [0.4, 0.5) is 0 Å². The van der Waals surface area contributed by atoms with Crippen molar-refractivity contribution >= 4 is 5.91 Å². The maximum absolute atomic E-state index is 12.6. The molecule has 2 aromatic heterocycles. The molecular weight excluding hydrogens is 322 g/mol. The fraction of sp³-hybridized carbons (Fsp3) is 0.500. The summed E-state index contributed by atoms with van der Waals surface area (Å²) in [6.45, 7) is 5.44. The van der Waals surface area contributed by atoms with Gasteiger partial charge < -0.3 is 18.8 Å². The number of carbonyl (C=O) groups excluding carboxylic acids is 1. The molecule has 1 unspecified atom stereocenters. The molecule has 2 aliphatic heterocycles. The van der Waals surface area contributed by atoms with Gasteiger partial charge >= 0.3 is 0 Å². The fourth-order valence-corrected chi connectivity index (χ4v) is 3.63. The van der Waals surface area contributed by atoms with Crippen molar-refractivity contribution in [3.63, 3.8) is 0 Å². The van der Waals surface area contributed by atoms with Crippen molar-refractivity contribution in [2.45, 2.75) is 38.4 Å². The highest BCUT2D eigenvalue weighted by Crippen LogP contribution is 2.36. The standard InChI is InChI=1S/C18H21N3O4/c1-12-7-15(13(2)24-12)17(22)21-10-18(11-21)8-14(3-6-23-18)25-16-9-19-4-5-20-16/h4-5,7,9,14H,3,6,8,10-11H2,1-2H3. The molecule has 0 saturated carbocycles. The molecule has 0 aromatic carbocycles. The molecule has 0 radical (unpaired) electrons. The van der Waals surface area contributed by atoms with Crippen LogP contribution >= 0.6 is 0 Å². The third-order valence-electron chi connectivity index (χ3n) is 4.79. The highest BCUT2D eigenvalue weighted by atomic mass is 16.5. The molecule has 2 fully saturated rings. The molecule has 7 nitrogen and oxygen atoms in total. The summed E-state index contributed by atoms with van der Waals surface area (Å²) in [6, 6.07) is 1.80. The van der Waals surface area contributed by atoms with Gasteiger partial charge in [0.05, 0.1) is 31.5 Å². The lowest BCUT2D eigenvalue weighted by Crippen LogP contribution is -2.67. The van der Waals surface area contributed by atoms with E-state index in [4.69, 9.17) is 13.9 Å². The summed E-state index contributed by atoms with van der Waals surface area (Å²) >= 11 is 0. The minimum atomic E-state index is -0.312. The van der Waals surface area contributed by atoms with Crippen LogP contribution in [-0.2, 0) is 4.74 Å². The summed E-state index contributed by atoms with van der Waals surface area (Å²) in [7, 11) is 0. The van der Waals surface area contributed by atoms with E-state index < -0.39 is 0 Å². The second kappa shape index (κ2) is 6.15. The monoisotopic (exact) mass is 343 g/mol. The molecule has 4 rings (SSSR count). The zero-order chi connectivity index (χ0) is 17.4. The first kappa shape index (κ1) is 16.1. The van der Waals surface area contributed by atoms with Crippen LogP contribution in [0.2, 0.25) is 0 Å². The smallest absolute Gasteiger partial charge is 0.257 e. The minimum absolute atomic E-state index is 0.000503. The Morgan fingerprint density at radius 2 is 2.20 bits per heavy atom. The van der Waals surface area contributed by atoms with Gasteiger partial charge in [-0.05, 0) is 19.9 Å². The molecule has 132 valence electrons. The van der Waals surface area contributed by atoms with Crippen molar-refractivity contribution in [3.05, 3.63) is 41.7 Å². The molecular formula is C18H21N3O4. The molecule has 1 amide bonds. The van der Waals surface area contributed by atoms with Gasteiger partial charge in [-0.2, -0.15) is 0 Å². The van der Waals surface area contributed by atoms with E-state index in [0.29, 0.717) is 36.9 Å². The molecule has 1 atom stereocenters. The maximum atomic E-state index is 12.6. The average Bonchev–Trinajstić information content (AvgIpc) is 2.91. The first-order valence-corrected chi connectivity index (χ1v) is 8.48. The lowest BCUT2D eigenvalue weighted by atomic mass is 9.84. The molecule has 2 saturated heterocycles. The number of rotatable bonds is 3. The highest BCUT2D eigenvalue weighted by molar-refractivity contribution is 5.96. The summed E-state index contributed by atoms with van der Waals surface area (Å²) in [4.78, 5) is 22.6. The third-order valence-corrected chi connectivity index (χ3v) is 4.79. The number of nitrogens with zero attached hydrogens (tertiary/aromatic N) is 3. The summed E-state index contributed by atoms with van der Waals surface area (Å²) in [6.07, 6.45) is 6.43. The summed E-state index contributed by atoms with van der Waals surface area (Å²) in [5.41, 5.74) is 0.323. The molecule has 0 bridgehead atoms. The van der Waals surface area contributed by atoms with E-state index in [1.807, 2.05) is 18.7 Å². The van der Waals surface area contributed by atoms with Crippen LogP contribution in [0.1, 0.15) is 34.7 Å². The average molecular weight is 343 g/mol. The van der Waals surface area contributed by atoms with Crippen molar-refractivity contribution in [2.24, 2.45) is 0 Å². The fourth-order valence-electron chi connectivity index (χ4n) is 3.63.